The van der Waals surface area contributed by atoms with Crippen LogP contribution in [0.2, 0.25) is 0 Å². The average molecular weight is 417 g/mol. The van der Waals surface area contributed by atoms with E-state index in [0.29, 0.717) is 30.3 Å². The summed E-state index contributed by atoms with van der Waals surface area (Å²) in [5.41, 5.74) is 2.58. The average Bonchev–Trinajstić information content (AvgIpc) is 3.17. The second-order valence-corrected chi connectivity index (χ2v) is 9.40. The minimum absolute atomic E-state index is 0.0497. The molecule has 0 atom stereocenters. The van der Waals surface area contributed by atoms with Crippen LogP contribution in [0.25, 0.3) is 6.08 Å². The van der Waals surface area contributed by atoms with Crippen molar-refractivity contribution in [2.75, 3.05) is 19.6 Å². The molecule has 0 spiro atoms. The topological polar surface area (TPSA) is 79.6 Å². The third-order valence-electron chi connectivity index (χ3n) is 5.29. The molecule has 3 rings (SSSR count). The van der Waals surface area contributed by atoms with Crippen molar-refractivity contribution >= 4 is 22.0 Å². The number of carbonyl (C=O) groups excluding carboxylic acids is 1. The molecule has 7 heteroatoms. The van der Waals surface area contributed by atoms with Crippen LogP contribution in [-0.2, 0) is 14.8 Å². The first-order chi connectivity index (χ1) is 13.8. The van der Waals surface area contributed by atoms with Crippen molar-refractivity contribution in [2.24, 2.45) is 5.92 Å². The lowest BCUT2D eigenvalue weighted by molar-refractivity contribution is -0.127. The lowest BCUT2D eigenvalue weighted by atomic mass is 9.97. The maximum absolute atomic E-state index is 12.8. The van der Waals surface area contributed by atoms with Gasteiger partial charge in [-0.1, -0.05) is 17.7 Å². The Kier molecular flexibility index (Phi) is 6.59. The SMILES string of the molecule is Cc1cc(C)c(S(=O)(=O)NCC2CCN(C(=O)/C=C/c3ccco3)CC2)c(C)c1. The molecule has 1 amide bonds. The Bertz CT molecular complexity index is 963. The number of nitrogens with one attached hydrogen (secondary N) is 1. The third kappa shape index (κ3) is 5.36. The summed E-state index contributed by atoms with van der Waals surface area (Å²) in [7, 11) is -3.55. The van der Waals surface area contributed by atoms with E-state index in [4.69, 9.17) is 4.42 Å². The van der Waals surface area contributed by atoms with Crippen molar-refractivity contribution in [3.63, 3.8) is 0 Å². The van der Waals surface area contributed by atoms with Crippen LogP contribution in [0.5, 0.6) is 0 Å². The fraction of sp³-hybridized carbons (Fsp3) is 0.409. The van der Waals surface area contributed by atoms with E-state index in [1.807, 2.05) is 32.9 Å². The minimum atomic E-state index is -3.55. The first-order valence-corrected chi connectivity index (χ1v) is 11.3. The van der Waals surface area contributed by atoms with Gasteiger partial charge in [-0.2, -0.15) is 0 Å². The standard InChI is InChI=1S/C22H28N2O4S/c1-16-13-17(2)22(18(3)14-16)29(26,27)23-15-19-8-10-24(11-9-19)21(25)7-6-20-5-4-12-28-20/h4-7,12-14,19,23H,8-11,15H2,1-3H3/b7-6+. The van der Waals surface area contributed by atoms with E-state index in [1.165, 1.54) is 6.08 Å². The molecule has 1 fully saturated rings. The summed E-state index contributed by atoms with van der Waals surface area (Å²) >= 11 is 0. The number of carbonyl (C=O) groups is 1. The molecule has 1 aliphatic heterocycles. The van der Waals surface area contributed by atoms with Crippen LogP contribution in [0.1, 0.15) is 35.3 Å². The van der Waals surface area contributed by atoms with Gasteiger partial charge in [0.05, 0.1) is 11.2 Å². The van der Waals surface area contributed by atoms with Crippen molar-refractivity contribution in [1.29, 1.82) is 0 Å². The summed E-state index contributed by atoms with van der Waals surface area (Å²) in [6.45, 7) is 7.25. The predicted octanol–water partition coefficient (Wildman–Crippen LogP) is 3.44. The normalized spacial score (nSPS) is 15.9. The third-order valence-corrected chi connectivity index (χ3v) is 7.02. The molecule has 0 unspecified atom stereocenters. The van der Waals surface area contributed by atoms with Gasteiger partial charge in [0, 0.05) is 25.7 Å². The van der Waals surface area contributed by atoms with Gasteiger partial charge < -0.3 is 9.32 Å². The monoisotopic (exact) mass is 416 g/mol. The second-order valence-electron chi connectivity index (χ2n) is 7.70. The number of amides is 1. The Morgan fingerprint density at radius 1 is 1.21 bits per heavy atom. The maximum Gasteiger partial charge on any atom is 0.246 e. The van der Waals surface area contributed by atoms with Crippen LogP contribution in [0.15, 0.2) is 45.9 Å². The summed E-state index contributed by atoms with van der Waals surface area (Å²) in [4.78, 5) is 14.5. The minimum Gasteiger partial charge on any atom is -0.465 e. The number of aryl methyl sites for hydroxylation is 3. The molecular formula is C22H28N2O4S. The van der Waals surface area contributed by atoms with Gasteiger partial charge >= 0.3 is 0 Å². The smallest absolute Gasteiger partial charge is 0.246 e. The molecule has 1 N–H and O–H groups in total. The Morgan fingerprint density at radius 2 is 1.86 bits per heavy atom. The fourth-order valence-electron chi connectivity index (χ4n) is 3.89. The number of piperidine rings is 1. The maximum atomic E-state index is 12.8. The number of rotatable bonds is 6. The fourth-order valence-corrected chi connectivity index (χ4v) is 5.46. The molecule has 1 aliphatic rings. The zero-order valence-corrected chi connectivity index (χ0v) is 18.0. The Balaban J connectivity index is 1.53. The van der Waals surface area contributed by atoms with Crippen molar-refractivity contribution in [1.82, 2.24) is 9.62 Å². The van der Waals surface area contributed by atoms with Crippen molar-refractivity contribution in [2.45, 2.75) is 38.5 Å². The van der Waals surface area contributed by atoms with Crippen molar-refractivity contribution in [3.05, 3.63) is 59.1 Å². The summed E-state index contributed by atoms with van der Waals surface area (Å²) in [6, 6.07) is 7.35. The highest BCUT2D eigenvalue weighted by Gasteiger charge is 2.25. The van der Waals surface area contributed by atoms with E-state index in [0.717, 1.165) is 29.5 Å². The number of nitrogens with zero attached hydrogens (tertiary/aromatic N) is 1. The second kappa shape index (κ2) is 8.97. The quantitative estimate of drug-likeness (QED) is 0.732. The van der Waals surface area contributed by atoms with Gasteiger partial charge in [0.1, 0.15) is 5.76 Å². The van der Waals surface area contributed by atoms with E-state index in [1.54, 1.807) is 29.4 Å². The molecule has 0 bridgehead atoms. The molecule has 29 heavy (non-hydrogen) atoms. The summed E-state index contributed by atoms with van der Waals surface area (Å²) in [5.74, 6) is 0.810. The molecular weight excluding hydrogens is 388 g/mol. The lowest BCUT2D eigenvalue weighted by Gasteiger charge is -2.31. The molecule has 1 aromatic heterocycles. The van der Waals surface area contributed by atoms with Crippen LogP contribution in [0.3, 0.4) is 0 Å². The molecule has 156 valence electrons. The van der Waals surface area contributed by atoms with Crippen LogP contribution in [0.4, 0.5) is 0 Å². The van der Waals surface area contributed by atoms with Gasteiger partial charge in [-0.05, 0) is 68.9 Å². The summed E-state index contributed by atoms with van der Waals surface area (Å²) < 4.78 is 33.6. The zero-order chi connectivity index (χ0) is 21.0. The molecule has 0 aliphatic carbocycles. The van der Waals surface area contributed by atoms with Crippen LogP contribution < -0.4 is 4.72 Å². The molecule has 2 heterocycles. The predicted molar refractivity (Wildman–Crippen MR) is 113 cm³/mol. The molecule has 1 aromatic carbocycles. The number of sulfonamides is 1. The van der Waals surface area contributed by atoms with E-state index in [-0.39, 0.29) is 11.8 Å². The van der Waals surface area contributed by atoms with Gasteiger partial charge in [-0.15, -0.1) is 0 Å². The Hall–Kier alpha value is -2.38. The van der Waals surface area contributed by atoms with Crippen molar-refractivity contribution in [3.8, 4) is 0 Å². The summed E-state index contributed by atoms with van der Waals surface area (Å²) in [6.07, 6.45) is 6.29. The number of hydrogen-bond donors (Lipinski definition) is 1. The van der Waals surface area contributed by atoms with E-state index >= 15 is 0 Å². The first kappa shape index (κ1) is 21.3. The lowest BCUT2D eigenvalue weighted by Crippen LogP contribution is -2.41. The van der Waals surface area contributed by atoms with Crippen molar-refractivity contribution < 1.29 is 17.6 Å². The highest BCUT2D eigenvalue weighted by Crippen LogP contribution is 2.23. The van der Waals surface area contributed by atoms with Gasteiger partial charge in [-0.3, -0.25) is 4.79 Å². The van der Waals surface area contributed by atoms with Crippen LogP contribution in [-0.4, -0.2) is 38.9 Å². The highest BCUT2D eigenvalue weighted by molar-refractivity contribution is 7.89. The van der Waals surface area contributed by atoms with E-state index in [9.17, 15) is 13.2 Å². The van der Waals surface area contributed by atoms with Gasteiger partial charge in [-0.25, -0.2) is 13.1 Å². The van der Waals surface area contributed by atoms with Gasteiger partial charge in [0.25, 0.3) is 0 Å². The Labute approximate surface area is 172 Å². The molecule has 1 saturated heterocycles. The Morgan fingerprint density at radius 3 is 2.45 bits per heavy atom. The largest absolute Gasteiger partial charge is 0.465 e. The number of hydrogen-bond acceptors (Lipinski definition) is 4. The molecule has 0 saturated carbocycles. The molecule has 0 radical (unpaired) electrons. The molecule has 2 aromatic rings. The summed E-state index contributed by atoms with van der Waals surface area (Å²) in [5, 5.41) is 0. The zero-order valence-electron chi connectivity index (χ0n) is 17.1. The van der Waals surface area contributed by atoms with Gasteiger partial charge in [0.2, 0.25) is 15.9 Å². The van der Waals surface area contributed by atoms with Crippen LogP contribution in [0, 0.1) is 26.7 Å². The number of furan rings is 1. The highest BCUT2D eigenvalue weighted by atomic mass is 32.2. The number of benzene rings is 1. The van der Waals surface area contributed by atoms with Gasteiger partial charge in [0.15, 0.2) is 0 Å². The number of likely N-dealkylation sites (tertiary alicyclic amines) is 1. The van der Waals surface area contributed by atoms with Crippen LogP contribution >= 0.6 is 0 Å². The van der Waals surface area contributed by atoms with E-state index in [2.05, 4.69) is 4.72 Å². The first-order valence-electron chi connectivity index (χ1n) is 9.84. The van der Waals surface area contributed by atoms with E-state index < -0.39 is 10.0 Å². The molecule has 6 nitrogen and oxygen atoms in total.